The van der Waals surface area contributed by atoms with Crippen molar-refractivity contribution in [3.63, 3.8) is 0 Å². The van der Waals surface area contributed by atoms with E-state index in [1.807, 2.05) is 24.3 Å². The van der Waals surface area contributed by atoms with Crippen LogP contribution < -0.4 is 23.7 Å². The summed E-state index contributed by atoms with van der Waals surface area (Å²) in [5.41, 5.74) is 4.96. The number of hydrogen-bond acceptors (Lipinski definition) is 10. The van der Waals surface area contributed by atoms with Gasteiger partial charge in [0.1, 0.15) is 46.9 Å². The van der Waals surface area contributed by atoms with E-state index in [0.717, 1.165) is 0 Å². The Morgan fingerprint density at radius 2 is 1.67 bits per heavy atom. The Kier molecular flexibility index (Phi) is 11.9. The molecule has 2 aliphatic heterocycles. The Morgan fingerprint density at radius 1 is 0.918 bits per heavy atom. The molecule has 0 radical (unpaired) electrons. The van der Waals surface area contributed by atoms with Crippen molar-refractivity contribution in [1.82, 2.24) is 19.4 Å². The van der Waals surface area contributed by atoms with Crippen LogP contribution in [0.3, 0.4) is 0 Å². The van der Waals surface area contributed by atoms with E-state index in [1.165, 1.54) is 18.3 Å². The number of carboxylic acids is 1. The van der Waals surface area contributed by atoms with Crippen molar-refractivity contribution in [2.45, 2.75) is 39.1 Å². The number of nitrogens with zero attached hydrogens (tertiary/aromatic N) is 4. The molecular formula is C45H36Cl3FN4O8. The first-order valence-electron chi connectivity index (χ1n) is 18.9. The number of aliphatic hydroxyl groups is 1. The maximum absolute atomic E-state index is 14.3. The van der Waals surface area contributed by atoms with Crippen molar-refractivity contribution in [2.24, 2.45) is 0 Å². The van der Waals surface area contributed by atoms with E-state index in [-0.39, 0.29) is 46.5 Å². The first kappa shape index (κ1) is 41.6. The molecule has 2 atom stereocenters. The number of fused-ring (bicyclic) bond motifs is 7. The fourth-order valence-corrected chi connectivity index (χ4v) is 8.15. The van der Waals surface area contributed by atoms with Gasteiger partial charge < -0.3 is 38.3 Å². The van der Waals surface area contributed by atoms with E-state index in [0.29, 0.717) is 78.8 Å². The van der Waals surface area contributed by atoms with E-state index < -0.39 is 30.6 Å². The Morgan fingerprint density at radius 3 is 2.39 bits per heavy atom. The van der Waals surface area contributed by atoms with E-state index in [2.05, 4.69) is 9.97 Å². The van der Waals surface area contributed by atoms with Gasteiger partial charge in [-0.2, -0.15) is 0 Å². The van der Waals surface area contributed by atoms with Crippen molar-refractivity contribution >= 4 is 46.3 Å². The standard InChI is InChI=1S/C45H36Cl3FN4O8/c1-23-35-24(2)39(47)41(38(23)46)60-30(20-54)22-58-29-12-13-32(59-21-28-14-15-50-43(52-28)31-6-4-5-7-33(31)57-3)26(18-29)19-34(45(55)56)61-44-40-37(35)36(25-8-10-27(49)11-9-25)42(48)53(40)17-16-51-44/h4-18,30,34,54H,19-22H2,1-3H3,(H,55,56)/t30-,34-/m1/s1. The van der Waals surface area contributed by atoms with Crippen LogP contribution in [0.4, 0.5) is 4.39 Å². The number of carboxylic acid groups (broad SMARTS) is 1. The molecule has 0 aliphatic carbocycles. The zero-order valence-electron chi connectivity index (χ0n) is 32.8. The van der Waals surface area contributed by atoms with Crippen LogP contribution in [0.1, 0.15) is 22.4 Å². The highest BCUT2D eigenvalue weighted by Crippen LogP contribution is 2.52. The van der Waals surface area contributed by atoms with Crippen molar-refractivity contribution in [1.29, 1.82) is 0 Å². The summed E-state index contributed by atoms with van der Waals surface area (Å²) in [5.74, 6) is -0.0223. The number of carbonyl (C=O) groups is 1. The van der Waals surface area contributed by atoms with Crippen molar-refractivity contribution in [3.05, 3.63) is 135 Å². The topological polar surface area (TPSA) is 147 Å². The highest BCUT2D eigenvalue weighted by atomic mass is 35.5. The van der Waals surface area contributed by atoms with Gasteiger partial charge in [0.15, 0.2) is 17.7 Å². The number of aliphatic carboxylic acids is 1. The molecule has 2 N–H and O–H groups in total. The van der Waals surface area contributed by atoms with E-state index >= 15 is 0 Å². The zero-order valence-corrected chi connectivity index (χ0v) is 35.1. The van der Waals surface area contributed by atoms with Crippen LogP contribution in [0.25, 0.3) is 39.2 Å². The van der Waals surface area contributed by atoms with Crippen molar-refractivity contribution < 1.29 is 43.1 Å². The summed E-state index contributed by atoms with van der Waals surface area (Å²) < 4.78 is 46.5. The number of halogens is 4. The number of rotatable bonds is 8. The minimum absolute atomic E-state index is 0.00657. The Hall–Kier alpha value is -6.12. The van der Waals surface area contributed by atoms with Crippen LogP contribution in [-0.2, 0) is 17.8 Å². The summed E-state index contributed by atoms with van der Waals surface area (Å²) in [6, 6.07) is 19.8. The van der Waals surface area contributed by atoms with E-state index in [4.69, 9.17) is 63.5 Å². The van der Waals surface area contributed by atoms with Gasteiger partial charge in [0, 0.05) is 41.7 Å². The average Bonchev–Trinajstić information content (AvgIpc) is 3.56. The van der Waals surface area contributed by atoms with Crippen LogP contribution in [0.5, 0.6) is 28.9 Å². The molecule has 0 spiro atoms. The second-order valence-electron chi connectivity index (χ2n) is 14.1. The van der Waals surface area contributed by atoms with Gasteiger partial charge in [0.2, 0.25) is 12.0 Å². The summed E-state index contributed by atoms with van der Waals surface area (Å²) in [6.45, 7) is 2.92. The SMILES string of the molecule is COc1ccccc1-c1nccc(COc2ccc3cc2C[C@H](C(=O)O)Oc2nccn4c(Cl)c(-c5ccc(F)cc5)c(c24)-c2c(C)c(Cl)c(c(Cl)c2C)O[C@H](CO)CO3)n1. The number of ether oxygens (including phenoxy) is 5. The maximum atomic E-state index is 14.3. The Balaban J connectivity index is 1.27. The predicted molar refractivity (Wildman–Crippen MR) is 228 cm³/mol. The van der Waals surface area contributed by atoms with Gasteiger partial charge in [-0.3, -0.25) is 0 Å². The van der Waals surface area contributed by atoms with Gasteiger partial charge in [-0.1, -0.05) is 59.1 Å². The minimum Gasteiger partial charge on any atom is -0.496 e. The molecule has 16 heteroatoms. The fraction of sp³-hybridized carbons (Fsp3) is 0.200. The molecule has 0 fully saturated rings. The van der Waals surface area contributed by atoms with Crippen LogP contribution in [0, 0.1) is 19.7 Å². The zero-order chi connectivity index (χ0) is 42.9. The lowest BCUT2D eigenvalue weighted by Crippen LogP contribution is -2.30. The molecule has 3 aromatic heterocycles. The molecule has 2 aliphatic rings. The normalized spacial score (nSPS) is 15.1. The second-order valence-corrected chi connectivity index (χ2v) is 15.2. The molecule has 312 valence electrons. The smallest absolute Gasteiger partial charge is 0.345 e. The number of aliphatic hydroxyl groups excluding tert-OH is 1. The van der Waals surface area contributed by atoms with Gasteiger partial charge in [-0.05, 0) is 84.6 Å². The van der Waals surface area contributed by atoms with E-state index in [1.54, 1.807) is 74.1 Å². The Bertz CT molecular complexity index is 2770. The molecule has 0 saturated heterocycles. The van der Waals surface area contributed by atoms with Gasteiger partial charge in [0.05, 0.1) is 35.0 Å². The molecule has 0 saturated carbocycles. The molecule has 12 nitrogen and oxygen atoms in total. The van der Waals surface area contributed by atoms with Crippen LogP contribution in [0.15, 0.2) is 91.4 Å². The summed E-state index contributed by atoms with van der Waals surface area (Å²) in [6.07, 6.45) is 1.96. The largest absolute Gasteiger partial charge is 0.496 e. The number of methoxy groups -OCH3 is 1. The van der Waals surface area contributed by atoms with Gasteiger partial charge in [-0.25, -0.2) is 24.1 Å². The lowest BCUT2D eigenvalue weighted by Gasteiger charge is -2.23. The van der Waals surface area contributed by atoms with Crippen LogP contribution in [-0.4, -0.2) is 68.1 Å². The number of benzene rings is 4. The molecule has 4 bridgehead atoms. The number of para-hydroxylation sites is 1. The van der Waals surface area contributed by atoms with E-state index in [9.17, 15) is 19.4 Å². The van der Waals surface area contributed by atoms with Crippen LogP contribution in [0.2, 0.25) is 15.2 Å². The first-order valence-corrected chi connectivity index (χ1v) is 20.0. The monoisotopic (exact) mass is 884 g/mol. The maximum Gasteiger partial charge on any atom is 0.345 e. The highest BCUT2D eigenvalue weighted by molar-refractivity contribution is 6.39. The fourth-order valence-electron chi connectivity index (χ4n) is 7.29. The average molecular weight is 886 g/mol. The number of aromatic nitrogens is 4. The summed E-state index contributed by atoms with van der Waals surface area (Å²) >= 11 is 21.3. The molecule has 7 aromatic rings. The molecule has 61 heavy (non-hydrogen) atoms. The van der Waals surface area contributed by atoms with Crippen molar-refractivity contribution in [2.75, 3.05) is 20.3 Å². The Labute approximate surface area is 364 Å². The van der Waals surface area contributed by atoms with Crippen LogP contribution >= 0.6 is 34.8 Å². The van der Waals surface area contributed by atoms with Gasteiger partial charge in [-0.15, -0.1) is 0 Å². The molecule has 0 unspecified atom stereocenters. The lowest BCUT2D eigenvalue weighted by molar-refractivity contribution is -0.145. The molecule has 9 rings (SSSR count). The molecule has 5 heterocycles. The van der Waals surface area contributed by atoms with Gasteiger partial charge >= 0.3 is 5.97 Å². The molecular weight excluding hydrogens is 850 g/mol. The number of hydrogen-bond donors (Lipinski definition) is 2. The minimum atomic E-state index is -1.54. The highest BCUT2D eigenvalue weighted by Gasteiger charge is 2.32. The van der Waals surface area contributed by atoms with Gasteiger partial charge in [0.25, 0.3) is 0 Å². The lowest BCUT2D eigenvalue weighted by atomic mass is 9.90. The molecule has 0 amide bonds. The quantitative estimate of drug-likeness (QED) is 0.150. The summed E-state index contributed by atoms with van der Waals surface area (Å²) in [7, 11) is 1.57. The first-order chi connectivity index (χ1) is 29.5. The third-order valence-electron chi connectivity index (χ3n) is 10.3. The molecule has 4 aromatic carbocycles. The summed E-state index contributed by atoms with van der Waals surface area (Å²) in [5, 5.41) is 21.7. The third-order valence-corrected chi connectivity index (χ3v) is 11.6. The predicted octanol–water partition coefficient (Wildman–Crippen LogP) is 9.64. The third kappa shape index (κ3) is 8.09. The summed E-state index contributed by atoms with van der Waals surface area (Å²) in [4.78, 5) is 26.8. The second kappa shape index (κ2) is 17.5. The van der Waals surface area contributed by atoms with Crippen molar-refractivity contribution in [3.8, 4) is 62.5 Å².